The molecule has 0 aliphatic heterocycles. The number of rotatable bonds is 9. The number of aromatic nitrogens is 5. The first kappa shape index (κ1) is 17.8. The fourth-order valence-corrected chi connectivity index (χ4v) is 2.57. The molecule has 0 spiro atoms. The molecule has 1 aromatic carbocycles. The van der Waals surface area contributed by atoms with Crippen LogP contribution < -0.4 is 5.32 Å². The number of carbonyl (C=O) groups excluding carboxylic acids is 1. The highest BCUT2D eigenvalue weighted by Gasteiger charge is 2.10. The van der Waals surface area contributed by atoms with E-state index >= 15 is 0 Å². The van der Waals surface area contributed by atoms with Crippen LogP contribution in [0.1, 0.15) is 43.7 Å². The minimum Gasteiger partial charge on any atom is -0.349 e. The first-order valence-corrected chi connectivity index (χ1v) is 8.78. The van der Waals surface area contributed by atoms with Gasteiger partial charge in [-0.2, -0.15) is 4.98 Å². The second-order valence-corrected chi connectivity index (χ2v) is 5.94. The Kier molecular flexibility index (Phi) is 6.08. The Labute approximate surface area is 151 Å². The van der Waals surface area contributed by atoms with Crippen molar-refractivity contribution in [3.05, 3.63) is 54.2 Å². The predicted molar refractivity (Wildman–Crippen MR) is 94.4 cm³/mol. The Morgan fingerprint density at radius 1 is 1.23 bits per heavy atom. The summed E-state index contributed by atoms with van der Waals surface area (Å²) in [7, 11) is 0. The zero-order chi connectivity index (χ0) is 18.2. The van der Waals surface area contributed by atoms with Crippen molar-refractivity contribution in [1.29, 1.82) is 0 Å². The summed E-state index contributed by atoms with van der Waals surface area (Å²) < 4.78 is 7.02. The smallest absolute Gasteiger partial charge is 0.226 e. The molecule has 1 N–H and O–H groups in total. The molecular weight excluding hydrogens is 332 g/mol. The number of para-hydroxylation sites is 1. The van der Waals surface area contributed by atoms with Gasteiger partial charge in [-0.1, -0.05) is 30.3 Å². The van der Waals surface area contributed by atoms with Crippen LogP contribution in [0, 0.1) is 0 Å². The summed E-state index contributed by atoms with van der Waals surface area (Å²) in [6.45, 7) is 2.40. The average Bonchev–Trinajstić information content (AvgIpc) is 3.30. The largest absolute Gasteiger partial charge is 0.349 e. The number of carbonyl (C=O) groups is 1. The molecule has 0 bridgehead atoms. The molecule has 26 heavy (non-hydrogen) atoms. The van der Waals surface area contributed by atoms with Crippen molar-refractivity contribution < 1.29 is 9.32 Å². The molecule has 8 heteroatoms. The molecule has 2 aromatic heterocycles. The van der Waals surface area contributed by atoms with Gasteiger partial charge < -0.3 is 9.84 Å². The zero-order valence-electron chi connectivity index (χ0n) is 14.8. The van der Waals surface area contributed by atoms with E-state index in [0.717, 1.165) is 24.4 Å². The highest BCUT2D eigenvalue weighted by atomic mass is 16.5. The van der Waals surface area contributed by atoms with E-state index in [2.05, 4.69) is 32.6 Å². The second-order valence-electron chi connectivity index (χ2n) is 5.94. The van der Waals surface area contributed by atoms with Crippen LogP contribution in [0.15, 0.2) is 41.2 Å². The van der Waals surface area contributed by atoms with Gasteiger partial charge in [0, 0.05) is 24.9 Å². The lowest BCUT2D eigenvalue weighted by atomic mass is 10.2. The average molecular weight is 354 g/mol. The minimum absolute atomic E-state index is 0.0408. The fraction of sp³-hybridized carbons (Fsp3) is 0.389. The van der Waals surface area contributed by atoms with Crippen molar-refractivity contribution in [2.24, 2.45) is 0 Å². The molecule has 3 rings (SSSR count). The molecule has 3 aromatic rings. The number of amides is 1. The highest BCUT2D eigenvalue weighted by molar-refractivity contribution is 5.75. The van der Waals surface area contributed by atoms with Gasteiger partial charge >= 0.3 is 0 Å². The Morgan fingerprint density at radius 3 is 2.88 bits per heavy atom. The SMILES string of the molecule is CCCc1noc(CCCC(=O)NCc2nncn2-c2ccccc2)n1. The third-order valence-corrected chi connectivity index (χ3v) is 3.87. The van der Waals surface area contributed by atoms with Crippen molar-refractivity contribution in [3.8, 4) is 5.69 Å². The second kappa shape index (κ2) is 8.89. The lowest BCUT2D eigenvalue weighted by molar-refractivity contribution is -0.121. The first-order chi connectivity index (χ1) is 12.8. The fourth-order valence-electron chi connectivity index (χ4n) is 2.57. The van der Waals surface area contributed by atoms with Gasteiger partial charge in [-0.25, -0.2) is 0 Å². The molecule has 0 aliphatic carbocycles. The molecule has 1 amide bonds. The quantitative estimate of drug-likeness (QED) is 0.633. The third-order valence-electron chi connectivity index (χ3n) is 3.87. The lowest BCUT2D eigenvalue weighted by Gasteiger charge is -2.07. The summed E-state index contributed by atoms with van der Waals surface area (Å²) in [5, 5.41) is 14.8. The van der Waals surface area contributed by atoms with Crippen LogP contribution >= 0.6 is 0 Å². The minimum atomic E-state index is -0.0408. The van der Waals surface area contributed by atoms with E-state index < -0.39 is 0 Å². The van der Waals surface area contributed by atoms with Crippen molar-refractivity contribution in [2.75, 3.05) is 0 Å². The normalized spacial score (nSPS) is 10.8. The zero-order valence-corrected chi connectivity index (χ0v) is 14.8. The lowest BCUT2D eigenvalue weighted by Crippen LogP contribution is -2.24. The van der Waals surface area contributed by atoms with Crippen LogP contribution in [0.3, 0.4) is 0 Å². The highest BCUT2D eigenvalue weighted by Crippen LogP contribution is 2.09. The number of hydrogen-bond donors (Lipinski definition) is 1. The molecule has 0 fully saturated rings. The molecule has 0 unspecified atom stereocenters. The number of aryl methyl sites for hydroxylation is 2. The number of benzene rings is 1. The maximum absolute atomic E-state index is 12.0. The van der Waals surface area contributed by atoms with Crippen LogP contribution in [0.25, 0.3) is 5.69 Å². The maximum atomic E-state index is 12.0. The third kappa shape index (κ3) is 4.75. The van der Waals surface area contributed by atoms with Gasteiger partial charge in [-0.05, 0) is 25.0 Å². The van der Waals surface area contributed by atoms with Crippen molar-refractivity contribution in [2.45, 2.75) is 45.6 Å². The molecule has 0 radical (unpaired) electrons. The standard InChI is InChI=1S/C18H22N6O2/c1-2-7-15-21-18(26-23-15)11-6-10-17(25)19-12-16-22-20-13-24(16)14-8-4-3-5-9-14/h3-5,8-9,13H,2,6-7,10-12H2,1H3,(H,19,25). The van der Waals surface area contributed by atoms with Crippen molar-refractivity contribution >= 4 is 5.91 Å². The number of nitrogens with zero attached hydrogens (tertiary/aromatic N) is 5. The predicted octanol–water partition coefficient (Wildman–Crippen LogP) is 2.24. The Hall–Kier alpha value is -3.03. The molecule has 0 saturated carbocycles. The summed E-state index contributed by atoms with van der Waals surface area (Å²) in [5.74, 6) is 1.96. The topological polar surface area (TPSA) is 98.7 Å². The monoisotopic (exact) mass is 354 g/mol. The van der Waals surface area contributed by atoms with E-state index in [-0.39, 0.29) is 5.91 Å². The Bertz CT molecular complexity index is 827. The molecule has 0 atom stereocenters. The summed E-state index contributed by atoms with van der Waals surface area (Å²) in [6, 6.07) is 9.77. The van der Waals surface area contributed by atoms with Gasteiger partial charge in [0.2, 0.25) is 11.8 Å². The molecule has 0 saturated heterocycles. The van der Waals surface area contributed by atoms with E-state index in [9.17, 15) is 4.79 Å². The van der Waals surface area contributed by atoms with Crippen molar-refractivity contribution in [1.82, 2.24) is 30.2 Å². The molecule has 8 nitrogen and oxygen atoms in total. The first-order valence-electron chi connectivity index (χ1n) is 8.78. The van der Waals surface area contributed by atoms with E-state index in [1.54, 1.807) is 6.33 Å². The van der Waals surface area contributed by atoms with Gasteiger partial charge in [-0.3, -0.25) is 9.36 Å². The van der Waals surface area contributed by atoms with E-state index in [1.165, 1.54) is 0 Å². The van der Waals surface area contributed by atoms with Gasteiger partial charge in [0.25, 0.3) is 0 Å². The van der Waals surface area contributed by atoms with Gasteiger partial charge in [0.15, 0.2) is 11.6 Å². The van der Waals surface area contributed by atoms with Crippen LogP contribution in [0.2, 0.25) is 0 Å². The summed E-state index contributed by atoms with van der Waals surface area (Å²) in [5.41, 5.74) is 0.959. The van der Waals surface area contributed by atoms with E-state index in [4.69, 9.17) is 4.52 Å². The van der Waals surface area contributed by atoms with Gasteiger partial charge in [0.05, 0.1) is 6.54 Å². The van der Waals surface area contributed by atoms with Crippen LogP contribution in [-0.2, 0) is 24.2 Å². The van der Waals surface area contributed by atoms with E-state index in [0.29, 0.717) is 37.5 Å². The molecule has 2 heterocycles. The molecule has 0 aliphatic rings. The van der Waals surface area contributed by atoms with E-state index in [1.807, 2.05) is 34.9 Å². The maximum Gasteiger partial charge on any atom is 0.226 e. The summed E-state index contributed by atoms with van der Waals surface area (Å²) >= 11 is 0. The molecular formula is C18H22N6O2. The summed E-state index contributed by atoms with van der Waals surface area (Å²) in [6.07, 6.45) is 5.08. The van der Waals surface area contributed by atoms with Gasteiger partial charge in [0.1, 0.15) is 6.33 Å². The summed E-state index contributed by atoms with van der Waals surface area (Å²) in [4.78, 5) is 16.3. The Morgan fingerprint density at radius 2 is 2.08 bits per heavy atom. The van der Waals surface area contributed by atoms with Crippen LogP contribution in [0.4, 0.5) is 0 Å². The van der Waals surface area contributed by atoms with Crippen LogP contribution in [0.5, 0.6) is 0 Å². The Balaban J connectivity index is 1.44. The number of hydrogen-bond acceptors (Lipinski definition) is 6. The van der Waals surface area contributed by atoms with Gasteiger partial charge in [-0.15, -0.1) is 10.2 Å². The number of nitrogens with one attached hydrogen (secondary N) is 1. The van der Waals surface area contributed by atoms with Crippen LogP contribution in [-0.4, -0.2) is 30.8 Å². The molecule has 136 valence electrons. The van der Waals surface area contributed by atoms with Crippen molar-refractivity contribution in [3.63, 3.8) is 0 Å².